The van der Waals surface area contributed by atoms with E-state index >= 15 is 0 Å². The number of aryl methyl sites for hydroxylation is 1. The number of nitriles is 1. The molecule has 0 aliphatic heterocycles. The quantitative estimate of drug-likeness (QED) is 0.703. The summed E-state index contributed by atoms with van der Waals surface area (Å²) in [5.74, 6) is -0.182. The molecule has 0 bridgehead atoms. The highest BCUT2D eigenvalue weighted by molar-refractivity contribution is 9.10. The summed E-state index contributed by atoms with van der Waals surface area (Å²) in [4.78, 5) is 12.7. The van der Waals surface area contributed by atoms with Crippen molar-refractivity contribution in [1.82, 2.24) is 9.78 Å². The topological polar surface area (TPSA) is 84.7 Å². The lowest BCUT2D eigenvalue weighted by atomic mass is 10.1. The second-order valence-corrected chi connectivity index (χ2v) is 6.22. The lowest BCUT2D eigenvalue weighted by molar-refractivity contribution is 0.103. The first kappa shape index (κ1) is 16.0. The molecule has 3 rings (SSSR count). The molecule has 3 aromatic rings. The van der Waals surface area contributed by atoms with Crippen LogP contribution in [0.15, 0.2) is 53.0 Å². The molecule has 0 fully saturated rings. The number of aromatic nitrogens is 2. The van der Waals surface area contributed by atoms with Crippen LogP contribution in [0.25, 0.3) is 5.69 Å². The van der Waals surface area contributed by atoms with Crippen LogP contribution in [0.1, 0.15) is 27.2 Å². The average molecular weight is 381 g/mol. The Labute approximate surface area is 147 Å². The first-order valence-corrected chi connectivity index (χ1v) is 7.96. The molecular formula is C18H13BrN4O. The summed E-state index contributed by atoms with van der Waals surface area (Å²) in [7, 11) is 0. The van der Waals surface area contributed by atoms with Crippen LogP contribution < -0.4 is 5.73 Å². The minimum atomic E-state index is -0.336. The molecule has 1 heterocycles. The number of nitrogens with two attached hydrogens (primary N) is 1. The van der Waals surface area contributed by atoms with E-state index in [2.05, 4.69) is 21.0 Å². The standard InChI is InChI=1S/C18H13BrN4O/c1-11-2-8-14(9-3-11)23-18(21)15(10-20)16(22-23)17(24)12-4-6-13(19)7-5-12/h2-9H,21H2,1H3. The third-order valence-electron chi connectivity index (χ3n) is 3.63. The van der Waals surface area contributed by atoms with E-state index in [1.54, 1.807) is 24.3 Å². The van der Waals surface area contributed by atoms with Crippen LogP contribution in [0, 0.1) is 18.3 Å². The molecule has 0 atom stereocenters. The smallest absolute Gasteiger partial charge is 0.214 e. The summed E-state index contributed by atoms with van der Waals surface area (Å²) in [5.41, 5.74) is 8.42. The Balaban J connectivity index is 2.10. The van der Waals surface area contributed by atoms with Crippen LogP contribution in [0.3, 0.4) is 0 Å². The summed E-state index contributed by atoms with van der Waals surface area (Å²) in [6.07, 6.45) is 0. The zero-order valence-electron chi connectivity index (χ0n) is 12.8. The van der Waals surface area contributed by atoms with Crippen molar-refractivity contribution in [3.8, 4) is 11.8 Å². The summed E-state index contributed by atoms with van der Waals surface area (Å²) in [6, 6.07) is 16.4. The minimum absolute atomic E-state index is 0.0536. The van der Waals surface area contributed by atoms with Gasteiger partial charge in [0.1, 0.15) is 17.5 Å². The number of benzene rings is 2. The highest BCUT2D eigenvalue weighted by atomic mass is 79.9. The summed E-state index contributed by atoms with van der Waals surface area (Å²) in [6.45, 7) is 1.97. The molecule has 0 spiro atoms. The molecule has 0 saturated carbocycles. The monoisotopic (exact) mass is 380 g/mol. The maximum Gasteiger partial charge on any atom is 0.214 e. The number of rotatable bonds is 3. The highest BCUT2D eigenvalue weighted by Gasteiger charge is 2.23. The fraction of sp³-hybridized carbons (Fsp3) is 0.0556. The lowest BCUT2D eigenvalue weighted by Gasteiger charge is -2.03. The van der Waals surface area contributed by atoms with Gasteiger partial charge in [-0.2, -0.15) is 10.4 Å². The fourth-order valence-corrected chi connectivity index (χ4v) is 2.59. The molecule has 0 saturated heterocycles. The maximum absolute atomic E-state index is 12.7. The van der Waals surface area contributed by atoms with Crippen LogP contribution in [-0.2, 0) is 0 Å². The highest BCUT2D eigenvalue weighted by Crippen LogP contribution is 2.23. The molecule has 5 nitrogen and oxygen atoms in total. The number of anilines is 1. The van der Waals surface area contributed by atoms with Gasteiger partial charge in [-0.3, -0.25) is 4.79 Å². The number of carbonyl (C=O) groups is 1. The third-order valence-corrected chi connectivity index (χ3v) is 4.16. The number of hydrogen-bond acceptors (Lipinski definition) is 4. The molecule has 2 aromatic carbocycles. The second kappa shape index (κ2) is 6.30. The number of nitrogens with zero attached hydrogens (tertiary/aromatic N) is 3. The van der Waals surface area contributed by atoms with E-state index in [9.17, 15) is 10.1 Å². The Hall–Kier alpha value is -2.91. The number of nitrogen functional groups attached to an aromatic ring is 1. The molecule has 0 aliphatic rings. The van der Waals surface area contributed by atoms with Gasteiger partial charge in [-0.1, -0.05) is 33.6 Å². The minimum Gasteiger partial charge on any atom is -0.382 e. The normalized spacial score (nSPS) is 10.4. The number of ketones is 1. The molecular weight excluding hydrogens is 368 g/mol. The van der Waals surface area contributed by atoms with Crippen molar-refractivity contribution in [2.75, 3.05) is 5.73 Å². The van der Waals surface area contributed by atoms with Gasteiger partial charge in [0.15, 0.2) is 5.69 Å². The van der Waals surface area contributed by atoms with Crippen molar-refractivity contribution in [2.45, 2.75) is 6.92 Å². The van der Waals surface area contributed by atoms with E-state index < -0.39 is 0 Å². The van der Waals surface area contributed by atoms with Crippen molar-refractivity contribution >= 4 is 27.5 Å². The van der Waals surface area contributed by atoms with E-state index in [0.29, 0.717) is 11.3 Å². The van der Waals surface area contributed by atoms with Crippen molar-refractivity contribution in [3.05, 3.63) is 75.4 Å². The summed E-state index contributed by atoms with van der Waals surface area (Å²) in [5, 5.41) is 13.7. The average Bonchev–Trinajstić information content (AvgIpc) is 2.92. The van der Waals surface area contributed by atoms with Crippen molar-refractivity contribution in [3.63, 3.8) is 0 Å². The molecule has 1 aromatic heterocycles. The predicted octanol–water partition coefficient (Wildman–Crippen LogP) is 3.63. The van der Waals surface area contributed by atoms with Gasteiger partial charge in [0, 0.05) is 10.0 Å². The summed E-state index contributed by atoms with van der Waals surface area (Å²) < 4.78 is 2.29. The van der Waals surface area contributed by atoms with Crippen LogP contribution in [-0.4, -0.2) is 15.6 Å². The Morgan fingerprint density at radius 2 is 1.79 bits per heavy atom. The van der Waals surface area contributed by atoms with E-state index in [4.69, 9.17) is 5.73 Å². The summed E-state index contributed by atoms with van der Waals surface area (Å²) >= 11 is 3.33. The van der Waals surface area contributed by atoms with Gasteiger partial charge in [-0.15, -0.1) is 0 Å². The molecule has 0 radical (unpaired) electrons. The van der Waals surface area contributed by atoms with Crippen molar-refractivity contribution < 1.29 is 4.79 Å². The Bertz CT molecular complexity index is 950. The molecule has 0 aliphatic carbocycles. The van der Waals surface area contributed by atoms with Gasteiger partial charge in [-0.25, -0.2) is 4.68 Å². The van der Waals surface area contributed by atoms with Crippen LogP contribution in [0.4, 0.5) is 5.82 Å². The van der Waals surface area contributed by atoms with E-state index in [-0.39, 0.29) is 22.9 Å². The van der Waals surface area contributed by atoms with Gasteiger partial charge >= 0.3 is 0 Å². The van der Waals surface area contributed by atoms with Gasteiger partial charge in [-0.05, 0) is 43.3 Å². The molecule has 118 valence electrons. The fourth-order valence-electron chi connectivity index (χ4n) is 2.32. The van der Waals surface area contributed by atoms with Gasteiger partial charge in [0.2, 0.25) is 5.78 Å². The number of hydrogen-bond donors (Lipinski definition) is 1. The molecule has 24 heavy (non-hydrogen) atoms. The zero-order chi connectivity index (χ0) is 17.3. The Morgan fingerprint density at radius 3 is 2.38 bits per heavy atom. The Morgan fingerprint density at radius 1 is 1.17 bits per heavy atom. The van der Waals surface area contributed by atoms with Gasteiger partial charge in [0.05, 0.1) is 5.69 Å². The zero-order valence-corrected chi connectivity index (χ0v) is 14.4. The van der Waals surface area contributed by atoms with E-state index in [1.807, 2.05) is 37.3 Å². The molecule has 0 amide bonds. The van der Waals surface area contributed by atoms with Crippen LogP contribution >= 0.6 is 15.9 Å². The lowest BCUT2D eigenvalue weighted by Crippen LogP contribution is -2.05. The van der Waals surface area contributed by atoms with Gasteiger partial charge in [0.25, 0.3) is 0 Å². The SMILES string of the molecule is Cc1ccc(-n2nc(C(=O)c3ccc(Br)cc3)c(C#N)c2N)cc1. The van der Waals surface area contributed by atoms with Gasteiger partial charge < -0.3 is 5.73 Å². The first-order valence-electron chi connectivity index (χ1n) is 7.17. The van der Waals surface area contributed by atoms with Crippen molar-refractivity contribution in [1.29, 1.82) is 5.26 Å². The molecule has 6 heteroatoms. The molecule has 0 unspecified atom stereocenters. The largest absolute Gasteiger partial charge is 0.382 e. The van der Waals surface area contributed by atoms with Crippen molar-refractivity contribution in [2.24, 2.45) is 0 Å². The maximum atomic E-state index is 12.7. The second-order valence-electron chi connectivity index (χ2n) is 5.30. The third kappa shape index (κ3) is 2.82. The Kier molecular flexibility index (Phi) is 4.19. The number of carbonyl (C=O) groups excluding carboxylic acids is 1. The first-order chi connectivity index (χ1) is 11.5. The van der Waals surface area contributed by atoms with Crippen LogP contribution in [0.2, 0.25) is 0 Å². The van der Waals surface area contributed by atoms with E-state index in [0.717, 1.165) is 10.0 Å². The number of halogens is 1. The van der Waals surface area contributed by atoms with E-state index in [1.165, 1.54) is 4.68 Å². The predicted molar refractivity (Wildman–Crippen MR) is 95.0 cm³/mol. The molecule has 2 N–H and O–H groups in total. The van der Waals surface area contributed by atoms with Crippen LogP contribution in [0.5, 0.6) is 0 Å².